The summed E-state index contributed by atoms with van der Waals surface area (Å²) in [4.78, 5) is 22.9. The van der Waals surface area contributed by atoms with Gasteiger partial charge in [-0.2, -0.15) is 0 Å². The maximum Gasteiger partial charge on any atom is 0.306 e. The Labute approximate surface area is 106 Å². The molecule has 2 atom stereocenters. The Morgan fingerprint density at radius 2 is 1.89 bits per heavy atom. The standard InChI is InChI=1S/C14H17NO3/c1-9-4-2-3-5-12(9)15-13(16)10-6-7-11(8-10)14(17)18/h2-5,10-11H,6-8H2,1H3,(H,15,16)(H,17,18)/t10-,11+/m0/s1. The molecule has 1 aromatic carbocycles. The van der Waals surface area contributed by atoms with Crippen molar-refractivity contribution < 1.29 is 14.7 Å². The number of aryl methyl sites for hydroxylation is 1. The lowest BCUT2D eigenvalue weighted by Crippen LogP contribution is -2.22. The molecular weight excluding hydrogens is 230 g/mol. The Morgan fingerprint density at radius 1 is 1.22 bits per heavy atom. The molecule has 1 aromatic rings. The summed E-state index contributed by atoms with van der Waals surface area (Å²) in [5, 5.41) is 11.8. The number of rotatable bonds is 3. The summed E-state index contributed by atoms with van der Waals surface area (Å²) in [5.74, 6) is -1.39. The van der Waals surface area contributed by atoms with Gasteiger partial charge in [-0.1, -0.05) is 18.2 Å². The Morgan fingerprint density at radius 3 is 2.50 bits per heavy atom. The number of hydrogen-bond acceptors (Lipinski definition) is 2. The molecule has 1 fully saturated rings. The van der Waals surface area contributed by atoms with Gasteiger partial charge in [0.1, 0.15) is 0 Å². The Balaban J connectivity index is 1.98. The molecule has 0 heterocycles. The van der Waals surface area contributed by atoms with E-state index in [1.54, 1.807) is 0 Å². The first-order valence-electron chi connectivity index (χ1n) is 6.17. The third-order valence-electron chi connectivity index (χ3n) is 3.56. The molecule has 4 nitrogen and oxygen atoms in total. The molecule has 4 heteroatoms. The van der Waals surface area contributed by atoms with Gasteiger partial charge in [-0.3, -0.25) is 9.59 Å². The number of amides is 1. The largest absolute Gasteiger partial charge is 0.481 e. The van der Waals surface area contributed by atoms with Crippen molar-refractivity contribution in [2.75, 3.05) is 5.32 Å². The van der Waals surface area contributed by atoms with Crippen molar-refractivity contribution in [3.8, 4) is 0 Å². The predicted molar refractivity (Wildman–Crippen MR) is 68.3 cm³/mol. The minimum absolute atomic E-state index is 0.0620. The number of anilines is 1. The Hall–Kier alpha value is -1.84. The Bertz CT molecular complexity index is 470. The Kier molecular flexibility index (Phi) is 3.65. The zero-order valence-electron chi connectivity index (χ0n) is 10.3. The fraction of sp³-hybridized carbons (Fsp3) is 0.429. The lowest BCUT2D eigenvalue weighted by molar-refractivity contribution is -0.141. The van der Waals surface area contributed by atoms with Gasteiger partial charge in [-0.25, -0.2) is 0 Å². The number of benzene rings is 1. The first-order chi connectivity index (χ1) is 8.58. The summed E-state index contributed by atoms with van der Waals surface area (Å²) < 4.78 is 0. The summed E-state index contributed by atoms with van der Waals surface area (Å²) in [6.45, 7) is 1.93. The van der Waals surface area contributed by atoms with Gasteiger partial charge in [-0.05, 0) is 37.8 Å². The van der Waals surface area contributed by atoms with Gasteiger partial charge >= 0.3 is 5.97 Å². The maximum absolute atomic E-state index is 12.0. The number of nitrogens with one attached hydrogen (secondary N) is 1. The van der Waals surface area contributed by atoms with Crippen LogP contribution in [-0.4, -0.2) is 17.0 Å². The highest BCUT2D eigenvalue weighted by molar-refractivity contribution is 5.93. The smallest absolute Gasteiger partial charge is 0.306 e. The quantitative estimate of drug-likeness (QED) is 0.862. The number of carboxylic acid groups (broad SMARTS) is 1. The van der Waals surface area contributed by atoms with E-state index in [0.29, 0.717) is 19.3 Å². The molecule has 2 N–H and O–H groups in total. The molecule has 96 valence electrons. The van der Waals surface area contributed by atoms with Crippen LogP contribution in [0.4, 0.5) is 5.69 Å². The first-order valence-corrected chi connectivity index (χ1v) is 6.17. The minimum atomic E-state index is -0.791. The second-order valence-corrected chi connectivity index (χ2v) is 4.85. The van der Waals surface area contributed by atoms with Crippen LogP contribution in [0.3, 0.4) is 0 Å². The normalized spacial score (nSPS) is 22.7. The third-order valence-corrected chi connectivity index (χ3v) is 3.56. The van der Waals surface area contributed by atoms with Gasteiger partial charge in [0, 0.05) is 11.6 Å². The lowest BCUT2D eigenvalue weighted by atomic mass is 10.0. The number of carboxylic acids is 1. The highest BCUT2D eigenvalue weighted by atomic mass is 16.4. The molecule has 0 unspecified atom stereocenters. The first kappa shape index (κ1) is 12.6. The van der Waals surface area contributed by atoms with Crippen molar-refractivity contribution in [1.82, 2.24) is 0 Å². The highest BCUT2D eigenvalue weighted by Crippen LogP contribution is 2.32. The summed E-state index contributed by atoms with van der Waals surface area (Å²) in [7, 11) is 0. The van der Waals surface area contributed by atoms with Crippen molar-refractivity contribution in [3.05, 3.63) is 29.8 Å². The van der Waals surface area contributed by atoms with Gasteiger partial charge in [0.05, 0.1) is 5.92 Å². The van der Waals surface area contributed by atoms with Crippen molar-refractivity contribution in [1.29, 1.82) is 0 Å². The van der Waals surface area contributed by atoms with Crippen LogP contribution in [0, 0.1) is 18.8 Å². The van der Waals surface area contributed by atoms with Crippen molar-refractivity contribution in [2.45, 2.75) is 26.2 Å². The lowest BCUT2D eigenvalue weighted by Gasteiger charge is -2.12. The van der Waals surface area contributed by atoms with Crippen LogP contribution in [0.1, 0.15) is 24.8 Å². The molecule has 0 saturated heterocycles. The molecule has 1 saturated carbocycles. The van der Waals surface area contributed by atoms with Crippen LogP contribution < -0.4 is 5.32 Å². The predicted octanol–water partition coefficient (Wildman–Crippen LogP) is 2.43. The number of carbonyl (C=O) groups excluding carboxylic acids is 1. The summed E-state index contributed by atoms with van der Waals surface area (Å²) in [6.07, 6.45) is 1.71. The van der Waals surface area contributed by atoms with E-state index in [-0.39, 0.29) is 17.7 Å². The molecule has 1 aliphatic carbocycles. The molecule has 2 rings (SSSR count). The van der Waals surface area contributed by atoms with Gasteiger partial charge in [0.15, 0.2) is 0 Å². The molecule has 1 aliphatic rings. The van der Waals surface area contributed by atoms with E-state index in [9.17, 15) is 9.59 Å². The van der Waals surface area contributed by atoms with Crippen LogP contribution >= 0.6 is 0 Å². The van der Waals surface area contributed by atoms with E-state index < -0.39 is 5.97 Å². The van der Waals surface area contributed by atoms with Gasteiger partial charge < -0.3 is 10.4 Å². The average Bonchev–Trinajstić information content (AvgIpc) is 2.81. The fourth-order valence-corrected chi connectivity index (χ4v) is 2.39. The van der Waals surface area contributed by atoms with Gasteiger partial charge in [0.2, 0.25) is 5.91 Å². The monoisotopic (exact) mass is 247 g/mol. The number of aliphatic carboxylic acids is 1. The topological polar surface area (TPSA) is 66.4 Å². The zero-order valence-corrected chi connectivity index (χ0v) is 10.3. The molecular formula is C14H17NO3. The van der Waals surface area contributed by atoms with Crippen molar-refractivity contribution in [2.24, 2.45) is 11.8 Å². The SMILES string of the molecule is Cc1ccccc1NC(=O)[C@H]1CC[C@@H](C(=O)O)C1. The molecule has 0 bridgehead atoms. The van der Waals surface area contributed by atoms with Crippen LogP contribution in [0.15, 0.2) is 24.3 Å². The molecule has 18 heavy (non-hydrogen) atoms. The molecule has 1 amide bonds. The van der Waals surface area contributed by atoms with E-state index in [4.69, 9.17) is 5.11 Å². The van der Waals surface area contributed by atoms with E-state index >= 15 is 0 Å². The zero-order chi connectivity index (χ0) is 13.1. The third kappa shape index (κ3) is 2.70. The van der Waals surface area contributed by atoms with E-state index in [1.807, 2.05) is 31.2 Å². The second kappa shape index (κ2) is 5.21. The fourth-order valence-electron chi connectivity index (χ4n) is 2.39. The van der Waals surface area contributed by atoms with Crippen molar-refractivity contribution in [3.63, 3.8) is 0 Å². The molecule has 0 aliphatic heterocycles. The number of carbonyl (C=O) groups is 2. The van der Waals surface area contributed by atoms with Crippen LogP contribution in [-0.2, 0) is 9.59 Å². The second-order valence-electron chi connectivity index (χ2n) is 4.85. The van der Waals surface area contributed by atoms with Crippen LogP contribution in [0.5, 0.6) is 0 Å². The number of para-hydroxylation sites is 1. The van der Waals surface area contributed by atoms with Gasteiger partial charge in [0.25, 0.3) is 0 Å². The van der Waals surface area contributed by atoms with Crippen molar-refractivity contribution >= 4 is 17.6 Å². The molecule has 0 aromatic heterocycles. The van der Waals surface area contributed by atoms with Crippen LogP contribution in [0.25, 0.3) is 0 Å². The summed E-state index contributed by atoms with van der Waals surface area (Å²) in [6, 6.07) is 7.58. The molecule has 0 spiro atoms. The highest BCUT2D eigenvalue weighted by Gasteiger charge is 2.33. The summed E-state index contributed by atoms with van der Waals surface area (Å²) in [5.41, 5.74) is 1.82. The maximum atomic E-state index is 12.0. The molecule has 0 radical (unpaired) electrons. The van der Waals surface area contributed by atoms with E-state index in [1.165, 1.54) is 0 Å². The average molecular weight is 247 g/mol. The number of hydrogen-bond donors (Lipinski definition) is 2. The van der Waals surface area contributed by atoms with E-state index in [2.05, 4.69) is 5.32 Å². The minimum Gasteiger partial charge on any atom is -0.481 e. The summed E-state index contributed by atoms with van der Waals surface area (Å²) >= 11 is 0. The van der Waals surface area contributed by atoms with Crippen LogP contribution in [0.2, 0.25) is 0 Å². The van der Waals surface area contributed by atoms with E-state index in [0.717, 1.165) is 11.3 Å². The van der Waals surface area contributed by atoms with Gasteiger partial charge in [-0.15, -0.1) is 0 Å².